The van der Waals surface area contributed by atoms with E-state index in [1.165, 1.54) is 0 Å². The van der Waals surface area contributed by atoms with E-state index >= 15 is 0 Å². The standard InChI is InChI=1S/C14H18N6/c15-3-1-5-17-7-9-19(13-17)11-12-20-10-8-18(14-20)6-2-4-16/h7-10,13-14H,1-2,5-6,11-12H2/q+2. The summed E-state index contributed by atoms with van der Waals surface area (Å²) in [4.78, 5) is 0. The van der Waals surface area contributed by atoms with Crippen LogP contribution in [0, 0.1) is 22.7 Å². The predicted molar refractivity (Wildman–Crippen MR) is 69.7 cm³/mol. The molecule has 2 aromatic rings. The first-order chi connectivity index (χ1) is 9.81. The van der Waals surface area contributed by atoms with Crippen LogP contribution in [0.4, 0.5) is 0 Å². The van der Waals surface area contributed by atoms with Gasteiger partial charge in [-0.15, -0.1) is 0 Å². The van der Waals surface area contributed by atoms with Gasteiger partial charge in [-0.25, -0.2) is 18.3 Å². The summed E-state index contributed by atoms with van der Waals surface area (Å²) in [5.74, 6) is 0. The van der Waals surface area contributed by atoms with Crippen molar-refractivity contribution in [2.45, 2.75) is 39.0 Å². The molecule has 0 aliphatic carbocycles. The first-order valence-electron chi connectivity index (χ1n) is 6.65. The first-order valence-corrected chi connectivity index (χ1v) is 6.65. The van der Waals surface area contributed by atoms with Crippen LogP contribution in [0.15, 0.2) is 37.4 Å². The highest BCUT2D eigenvalue weighted by atomic mass is 15.2. The van der Waals surface area contributed by atoms with Crippen molar-refractivity contribution in [2.75, 3.05) is 0 Å². The number of nitriles is 2. The molecule has 0 aliphatic rings. The van der Waals surface area contributed by atoms with Gasteiger partial charge >= 0.3 is 0 Å². The van der Waals surface area contributed by atoms with E-state index in [-0.39, 0.29) is 0 Å². The van der Waals surface area contributed by atoms with E-state index in [2.05, 4.69) is 21.3 Å². The van der Waals surface area contributed by atoms with Crippen LogP contribution < -0.4 is 9.13 Å². The number of imidazole rings is 2. The Hall–Kier alpha value is -2.60. The Kier molecular flexibility index (Phi) is 4.91. The Bertz CT molecular complexity index is 568. The molecule has 102 valence electrons. The van der Waals surface area contributed by atoms with Crippen LogP contribution in [0.2, 0.25) is 0 Å². The van der Waals surface area contributed by atoms with E-state index in [0.29, 0.717) is 12.8 Å². The van der Waals surface area contributed by atoms with Crippen LogP contribution in [0.5, 0.6) is 0 Å². The van der Waals surface area contributed by atoms with E-state index in [9.17, 15) is 0 Å². The van der Waals surface area contributed by atoms with Crippen molar-refractivity contribution in [1.29, 1.82) is 10.5 Å². The largest absolute Gasteiger partial charge is 0.243 e. The van der Waals surface area contributed by atoms with E-state index in [1.807, 2.05) is 46.6 Å². The number of hydrogen-bond acceptors (Lipinski definition) is 2. The molecule has 2 heterocycles. The lowest BCUT2D eigenvalue weighted by Gasteiger charge is -1.94. The molecule has 6 heteroatoms. The molecule has 0 atom stereocenters. The third-order valence-electron chi connectivity index (χ3n) is 3.07. The average Bonchev–Trinajstić information content (AvgIpc) is 3.10. The molecule has 0 saturated heterocycles. The van der Waals surface area contributed by atoms with Crippen LogP contribution in [-0.2, 0) is 26.2 Å². The number of hydrogen-bond donors (Lipinski definition) is 0. The van der Waals surface area contributed by atoms with Gasteiger partial charge in [0.2, 0.25) is 12.7 Å². The molecule has 6 nitrogen and oxygen atoms in total. The third kappa shape index (κ3) is 3.96. The van der Waals surface area contributed by atoms with Crippen molar-refractivity contribution in [3.8, 4) is 12.1 Å². The molecule has 0 spiro atoms. The van der Waals surface area contributed by atoms with Crippen LogP contribution in [0.3, 0.4) is 0 Å². The van der Waals surface area contributed by atoms with Crippen molar-refractivity contribution >= 4 is 0 Å². The molecule has 0 aliphatic heterocycles. The average molecular weight is 270 g/mol. The van der Waals surface area contributed by atoms with Crippen LogP contribution >= 0.6 is 0 Å². The maximum Gasteiger partial charge on any atom is 0.243 e. The van der Waals surface area contributed by atoms with Gasteiger partial charge in [0.1, 0.15) is 51.0 Å². The molecular weight excluding hydrogens is 252 g/mol. The van der Waals surface area contributed by atoms with E-state index in [1.54, 1.807) is 0 Å². The van der Waals surface area contributed by atoms with E-state index in [4.69, 9.17) is 10.5 Å². The SMILES string of the molecule is N#CCC[n+]1ccn(CCn2cc[n+](CCC#N)c2)c1. The highest BCUT2D eigenvalue weighted by Crippen LogP contribution is 1.91. The molecule has 0 radical (unpaired) electrons. The van der Waals surface area contributed by atoms with Gasteiger partial charge in [-0.2, -0.15) is 10.5 Å². The molecule has 0 fully saturated rings. The molecule has 0 aromatic carbocycles. The maximum atomic E-state index is 8.55. The summed E-state index contributed by atoms with van der Waals surface area (Å²) in [6.07, 6.45) is 13.1. The van der Waals surface area contributed by atoms with Gasteiger partial charge in [-0.3, -0.25) is 0 Å². The molecule has 2 rings (SSSR count). The lowest BCUT2D eigenvalue weighted by Crippen LogP contribution is -2.31. The van der Waals surface area contributed by atoms with Crippen LogP contribution in [-0.4, -0.2) is 9.13 Å². The summed E-state index contributed by atoms with van der Waals surface area (Å²) in [6, 6.07) is 4.29. The highest BCUT2D eigenvalue weighted by molar-refractivity contribution is 4.71. The van der Waals surface area contributed by atoms with Crippen molar-refractivity contribution in [3.63, 3.8) is 0 Å². The Labute approximate surface area is 118 Å². The van der Waals surface area contributed by atoms with Gasteiger partial charge in [-0.1, -0.05) is 0 Å². The molecule has 20 heavy (non-hydrogen) atoms. The summed E-state index contributed by atoms with van der Waals surface area (Å²) < 4.78 is 8.26. The second kappa shape index (κ2) is 7.10. The fourth-order valence-electron chi connectivity index (χ4n) is 2.00. The number of aromatic nitrogens is 4. The molecular formula is C14H18N6+2. The summed E-state index contributed by atoms with van der Waals surface area (Å²) in [5.41, 5.74) is 0. The molecule has 0 bridgehead atoms. The fraction of sp³-hybridized carbons (Fsp3) is 0.429. The maximum absolute atomic E-state index is 8.55. The third-order valence-corrected chi connectivity index (χ3v) is 3.07. The molecule has 2 aromatic heterocycles. The van der Waals surface area contributed by atoms with Gasteiger partial charge in [0.15, 0.2) is 0 Å². The first kappa shape index (κ1) is 13.8. The van der Waals surface area contributed by atoms with Crippen molar-refractivity contribution in [2.24, 2.45) is 0 Å². The summed E-state index contributed by atoms with van der Waals surface area (Å²) in [7, 11) is 0. The highest BCUT2D eigenvalue weighted by Gasteiger charge is 2.07. The molecule has 0 amide bonds. The van der Waals surface area contributed by atoms with Crippen molar-refractivity contribution in [3.05, 3.63) is 37.4 Å². The van der Waals surface area contributed by atoms with Gasteiger partial charge in [0, 0.05) is 0 Å². The summed E-state index contributed by atoms with van der Waals surface area (Å²) in [6.45, 7) is 3.24. The zero-order valence-electron chi connectivity index (χ0n) is 11.4. The minimum atomic E-state index is 0.533. The van der Waals surface area contributed by atoms with Crippen LogP contribution in [0.1, 0.15) is 12.8 Å². The smallest absolute Gasteiger partial charge is 0.236 e. The van der Waals surface area contributed by atoms with E-state index < -0.39 is 0 Å². The number of aryl methyl sites for hydroxylation is 4. The fourth-order valence-corrected chi connectivity index (χ4v) is 2.00. The summed E-state index contributed by atoms with van der Waals surface area (Å²) in [5, 5.41) is 17.1. The second-order valence-corrected chi connectivity index (χ2v) is 4.59. The monoisotopic (exact) mass is 270 g/mol. The van der Waals surface area contributed by atoms with Gasteiger partial charge in [-0.05, 0) is 0 Å². The minimum Gasteiger partial charge on any atom is -0.236 e. The normalized spacial score (nSPS) is 10.1. The Morgan fingerprint density at radius 3 is 1.65 bits per heavy atom. The minimum absolute atomic E-state index is 0.533. The van der Waals surface area contributed by atoms with Gasteiger partial charge in [0.25, 0.3) is 0 Å². The number of nitrogens with zero attached hydrogens (tertiary/aromatic N) is 6. The van der Waals surface area contributed by atoms with Gasteiger partial charge < -0.3 is 0 Å². The lowest BCUT2D eigenvalue weighted by atomic mass is 10.5. The zero-order chi connectivity index (χ0) is 14.2. The zero-order valence-corrected chi connectivity index (χ0v) is 11.4. The van der Waals surface area contributed by atoms with Crippen molar-refractivity contribution in [1.82, 2.24) is 9.13 Å². The topological polar surface area (TPSA) is 65.2 Å². The van der Waals surface area contributed by atoms with Gasteiger partial charge in [0.05, 0.1) is 25.0 Å². The number of rotatable bonds is 7. The molecule has 0 unspecified atom stereocenters. The quantitative estimate of drug-likeness (QED) is 0.683. The van der Waals surface area contributed by atoms with Crippen LogP contribution in [0.25, 0.3) is 0 Å². The Morgan fingerprint density at radius 2 is 1.25 bits per heavy atom. The summed E-state index contributed by atoms with van der Waals surface area (Å²) >= 11 is 0. The molecule has 0 N–H and O–H groups in total. The van der Waals surface area contributed by atoms with Crippen molar-refractivity contribution < 1.29 is 9.13 Å². The Morgan fingerprint density at radius 1 is 0.800 bits per heavy atom. The van der Waals surface area contributed by atoms with E-state index in [0.717, 1.165) is 26.2 Å². The molecule has 0 saturated carbocycles. The lowest BCUT2D eigenvalue weighted by molar-refractivity contribution is -0.695. The second-order valence-electron chi connectivity index (χ2n) is 4.59. The predicted octanol–water partition coefficient (Wildman–Crippen LogP) is 0.392. The Balaban J connectivity index is 1.83.